The number of rotatable bonds is 12. The number of carbonyl (C=O) groups excluding carboxylic acids is 4. The zero-order valence-corrected chi connectivity index (χ0v) is 36.9. The summed E-state index contributed by atoms with van der Waals surface area (Å²) in [5.41, 5.74) is 0. The molecule has 0 aromatic heterocycles. The molecule has 6 N–H and O–H groups in total. The Bertz CT molecular complexity index is 392. The molecule has 0 saturated carbocycles. The summed E-state index contributed by atoms with van der Waals surface area (Å²) >= 11 is 0. The molecule has 0 spiro atoms. The first kappa shape index (κ1) is 78.4. The van der Waals surface area contributed by atoms with Gasteiger partial charge in [-0.05, 0) is 53.9 Å². The van der Waals surface area contributed by atoms with Crippen LogP contribution in [-0.4, -0.2) is 134 Å². The topological polar surface area (TPSA) is 363 Å². The van der Waals surface area contributed by atoms with Crippen molar-refractivity contribution in [2.75, 3.05) is 78.9 Å². The molecule has 0 aliphatic heterocycles. The van der Waals surface area contributed by atoms with Crippen LogP contribution < -0.4 is 40.9 Å². The van der Waals surface area contributed by atoms with Gasteiger partial charge in [-0.1, -0.05) is 0 Å². The van der Waals surface area contributed by atoms with Crippen molar-refractivity contribution in [2.24, 2.45) is 0 Å². The van der Waals surface area contributed by atoms with E-state index in [9.17, 15) is 20.4 Å². The van der Waals surface area contributed by atoms with E-state index in [0.717, 1.165) is 27.7 Å². The van der Waals surface area contributed by atoms with Crippen molar-refractivity contribution < 1.29 is 159 Å². The summed E-state index contributed by atoms with van der Waals surface area (Å²) in [6, 6.07) is 0. The van der Waals surface area contributed by atoms with Crippen LogP contribution >= 0.6 is 0 Å². The molecule has 0 rings (SSSR count). The Kier molecular flexibility index (Phi) is 136. The molecule has 0 aliphatic carbocycles. The zero-order valence-electron chi connectivity index (χ0n) is 25.0. The molecule has 0 amide bonds. The SMILES string of the molecule is CC(=O)[O-].CC(=O)[O-].CC(=O)[O-].CC(=O)[O-].O.O.[O-]CCN(CC[O-])CCO.[O-]CCN(CC[O-])CCO.[Zn+2].[Zn+2].[Zn+2].[Zn+2]. The van der Waals surface area contributed by atoms with Gasteiger partial charge in [0.1, 0.15) is 0 Å². The predicted molar refractivity (Wildman–Crippen MR) is 116 cm³/mol. The van der Waals surface area contributed by atoms with Crippen molar-refractivity contribution >= 4 is 23.9 Å². The maximum absolute atomic E-state index is 10.1. The second kappa shape index (κ2) is 72.9. The van der Waals surface area contributed by atoms with Gasteiger partial charge in [0.2, 0.25) is 0 Å². The van der Waals surface area contributed by atoms with Gasteiger partial charge in [0.05, 0.1) is 13.2 Å². The number of hydrogen-bond acceptors (Lipinski definition) is 16. The molecule has 0 heterocycles. The van der Waals surface area contributed by atoms with Gasteiger partial charge in [-0.3, -0.25) is 0 Å². The molecule has 0 fully saturated rings. The Hall–Kier alpha value is -0.0265. The first-order chi connectivity index (χ1) is 16.6. The van der Waals surface area contributed by atoms with Crippen molar-refractivity contribution in [1.29, 1.82) is 0 Å². The Labute approximate surface area is 297 Å². The van der Waals surface area contributed by atoms with Crippen LogP contribution in [0.3, 0.4) is 0 Å². The van der Waals surface area contributed by atoms with Crippen LogP contribution in [0, 0.1) is 0 Å². The normalized spacial score (nSPS) is 7.52. The summed E-state index contributed by atoms with van der Waals surface area (Å²) in [7, 11) is 0. The number of aliphatic hydroxyl groups is 2. The van der Waals surface area contributed by atoms with E-state index in [1.807, 2.05) is 0 Å². The van der Waals surface area contributed by atoms with Crippen LogP contribution in [0.5, 0.6) is 0 Å². The second-order valence-corrected chi connectivity index (χ2v) is 5.91. The summed E-state index contributed by atoms with van der Waals surface area (Å²) in [6.07, 6.45) is 0. The molecule has 236 valence electrons. The van der Waals surface area contributed by atoms with Crippen molar-refractivity contribution in [3.05, 3.63) is 0 Å². The minimum Gasteiger partial charge on any atom is -0.854 e. The largest absolute Gasteiger partial charge is 2.00 e. The first-order valence-corrected chi connectivity index (χ1v) is 10.3. The predicted octanol–water partition coefficient (Wildman–Crippen LogP) is -12.6. The van der Waals surface area contributed by atoms with Gasteiger partial charge >= 0.3 is 77.9 Å². The van der Waals surface area contributed by atoms with Crippen LogP contribution in [-0.2, 0) is 97.1 Å². The fraction of sp³-hybridized carbons (Fsp3) is 0.800. The first-order valence-electron chi connectivity index (χ1n) is 10.3. The quantitative estimate of drug-likeness (QED) is 0.173. The third kappa shape index (κ3) is 188. The Balaban J connectivity index is -0.0000000263. The molecule has 0 radical (unpaired) electrons. The fourth-order valence-corrected chi connectivity index (χ4v) is 1.47. The van der Waals surface area contributed by atoms with E-state index in [2.05, 4.69) is 0 Å². The molecule has 0 saturated heterocycles. The van der Waals surface area contributed by atoms with Crippen molar-refractivity contribution in [2.45, 2.75) is 27.7 Å². The maximum Gasteiger partial charge on any atom is 2.00 e. The van der Waals surface area contributed by atoms with Gasteiger partial charge in [-0.25, -0.2) is 0 Å². The van der Waals surface area contributed by atoms with Crippen LogP contribution in [0.4, 0.5) is 0 Å². The summed E-state index contributed by atoms with van der Waals surface area (Å²) in [5.74, 6) is -4.33. The van der Waals surface area contributed by atoms with Crippen molar-refractivity contribution in [3.8, 4) is 0 Å². The maximum atomic E-state index is 10.1. The summed E-state index contributed by atoms with van der Waals surface area (Å²) in [5, 5.41) is 92.7. The molecular weight excluding hydrogens is 786 g/mol. The number of aliphatic carboxylic acids is 4. The summed E-state index contributed by atoms with van der Waals surface area (Å²) in [6.45, 7) is 5.41. The van der Waals surface area contributed by atoms with Crippen LogP contribution in [0.1, 0.15) is 27.7 Å². The van der Waals surface area contributed by atoms with E-state index < -0.39 is 23.9 Å². The molecule has 42 heavy (non-hydrogen) atoms. The smallest absolute Gasteiger partial charge is 0.854 e. The van der Waals surface area contributed by atoms with E-state index in [0.29, 0.717) is 39.3 Å². The Morgan fingerprint density at radius 2 is 0.571 bits per heavy atom. The summed E-state index contributed by atoms with van der Waals surface area (Å²) in [4.78, 5) is 38.9. The van der Waals surface area contributed by atoms with Crippen molar-refractivity contribution in [3.63, 3.8) is 0 Å². The monoisotopic (exact) mass is 822 g/mol. The number of carboxylic acid groups (broad SMARTS) is 4. The number of carboxylic acids is 4. The Morgan fingerprint density at radius 3 is 0.643 bits per heavy atom. The molecule has 0 bridgehead atoms. The third-order valence-corrected chi connectivity index (χ3v) is 2.46. The van der Waals surface area contributed by atoms with E-state index >= 15 is 0 Å². The van der Waals surface area contributed by atoms with Crippen LogP contribution in [0.25, 0.3) is 0 Å². The summed E-state index contributed by atoms with van der Waals surface area (Å²) < 4.78 is 0. The van der Waals surface area contributed by atoms with Crippen molar-refractivity contribution in [1.82, 2.24) is 9.80 Å². The minimum atomic E-state index is -1.08. The van der Waals surface area contributed by atoms with E-state index in [-0.39, 0.29) is 129 Å². The van der Waals surface area contributed by atoms with Crippen LogP contribution in [0.2, 0.25) is 0 Å². The standard InChI is InChI=1S/2C6H13NO3.4C2H4O2.2H2O.4Zn/c2*8-4-1-7(2-5-9)3-6-10;4*1-2(3)4;;;;;;/h2*8H,1-6H2;4*1H3,(H,3,4);2*1H2;;;;/q2*-2;;;;;;;4*+2/p-4. The van der Waals surface area contributed by atoms with E-state index in [1.54, 1.807) is 9.80 Å². The number of carbonyl (C=O) groups is 4. The number of aliphatic hydroxyl groups excluding tert-OH is 2. The minimum absolute atomic E-state index is 0. The molecule has 0 atom stereocenters. The molecule has 0 aromatic rings. The average molecular weight is 828 g/mol. The van der Waals surface area contributed by atoms with Gasteiger partial charge in [0.25, 0.3) is 0 Å². The average Bonchev–Trinajstić information content (AvgIpc) is 2.68. The van der Waals surface area contributed by atoms with Gasteiger partial charge < -0.3 is 91.0 Å². The van der Waals surface area contributed by atoms with E-state index in [4.69, 9.17) is 49.8 Å². The molecule has 0 aliphatic rings. The van der Waals surface area contributed by atoms with Gasteiger partial charge in [-0.2, -0.15) is 0 Å². The molecule has 18 nitrogen and oxygen atoms in total. The van der Waals surface area contributed by atoms with Gasteiger partial charge in [0.15, 0.2) is 0 Å². The van der Waals surface area contributed by atoms with Gasteiger partial charge in [0, 0.05) is 37.0 Å². The number of hydrogen-bond donors (Lipinski definition) is 2. The molecular formula is C20H42N2O16Zn4. The van der Waals surface area contributed by atoms with Crippen LogP contribution in [0.15, 0.2) is 0 Å². The third-order valence-electron chi connectivity index (χ3n) is 2.46. The number of nitrogens with zero attached hydrogens (tertiary/aromatic N) is 2. The Morgan fingerprint density at radius 1 is 0.452 bits per heavy atom. The second-order valence-electron chi connectivity index (χ2n) is 5.91. The van der Waals surface area contributed by atoms with Gasteiger partial charge in [-0.15, -0.1) is 26.4 Å². The zero-order chi connectivity index (χ0) is 29.9. The molecule has 0 aromatic carbocycles. The molecule has 0 unspecified atom stereocenters. The molecule has 22 heteroatoms. The van der Waals surface area contributed by atoms with E-state index in [1.165, 1.54) is 0 Å². The fourth-order valence-electron chi connectivity index (χ4n) is 1.47.